The molecule has 1 saturated carbocycles. The number of nitrogens with one attached hydrogen (secondary N) is 1. The highest BCUT2D eigenvalue weighted by Crippen LogP contribution is 2.28. The van der Waals surface area contributed by atoms with E-state index in [-0.39, 0.29) is 5.54 Å². The number of rotatable bonds is 5. The molecule has 0 aromatic rings. The van der Waals surface area contributed by atoms with E-state index >= 15 is 0 Å². The van der Waals surface area contributed by atoms with E-state index in [1.165, 1.54) is 31.9 Å². The van der Waals surface area contributed by atoms with E-state index in [1.807, 2.05) is 0 Å². The van der Waals surface area contributed by atoms with Gasteiger partial charge in [-0.15, -0.1) is 0 Å². The average Bonchev–Trinajstić information content (AvgIpc) is 2.45. The largest absolute Gasteiger partial charge is 0.311 e. The van der Waals surface area contributed by atoms with E-state index in [9.17, 15) is 8.42 Å². The summed E-state index contributed by atoms with van der Waals surface area (Å²) in [5.74, 6) is 0.302. The maximum atomic E-state index is 10.9. The Hall–Kier alpha value is -0.0900. The maximum absolute atomic E-state index is 10.9. The number of hydrogen-bond donors (Lipinski definition) is 1. The Morgan fingerprint density at radius 3 is 2.36 bits per heavy atom. The van der Waals surface area contributed by atoms with Gasteiger partial charge < -0.3 is 5.32 Å². The third-order valence-electron chi connectivity index (χ3n) is 2.95. The molecule has 3 nitrogen and oxygen atoms in total. The zero-order chi connectivity index (χ0) is 10.7. The molecule has 0 aromatic heterocycles. The quantitative estimate of drug-likeness (QED) is 0.710. The minimum Gasteiger partial charge on any atom is -0.311 e. The van der Waals surface area contributed by atoms with E-state index in [2.05, 4.69) is 12.2 Å². The second kappa shape index (κ2) is 4.62. The molecular weight excluding hydrogens is 198 g/mol. The van der Waals surface area contributed by atoms with Gasteiger partial charge in [0.25, 0.3) is 0 Å². The lowest BCUT2D eigenvalue weighted by Gasteiger charge is -2.25. The van der Waals surface area contributed by atoms with Crippen LogP contribution in [0.4, 0.5) is 0 Å². The molecule has 1 aliphatic carbocycles. The van der Waals surface area contributed by atoms with Crippen LogP contribution in [0.25, 0.3) is 0 Å². The summed E-state index contributed by atoms with van der Waals surface area (Å²) in [6, 6.07) is 0. The minimum absolute atomic E-state index is 0.275. The highest BCUT2D eigenvalue weighted by atomic mass is 32.2. The Morgan fingerprint density at radius 1 is 1.29 bits per heavy atom. The highest BCUT2D eigenvalue weighted by Gasteiger charge is 2.27. The number of sulfone groups is 1. The molecule has 0 unspecified atom stereocenters. The van der Waals surface area contributed by atoms with Gasteiger partial charge in [-0.1, -0.05) is 12.8 Å². The van der Waals surface area contributed by atoms with Crippen LogP contribution in [0.1, 0.15) is 39.0 Å². The monoisotopic (exact) mass is 219 g/mol. The van der Waals surface area contributed by atoms with Crippen molar-refractivity contribution in [3.63, 3.8) is 0 Å². The first kappa shape index (κ1) is 12.0. The molecule has 14 heavy (non-hydrogen) atoms. The third-order valence-corrected chi connectivity index (χ3v) is 3.98. The lowest BCUT2D eigenvalue weighted by atomic mass is 10.0. The molecule has 0 amide bonds. The van der Waals surface area contributed by atoms with Gasteiger partial charge in [0.2, 0.25) is 0 Å². The summed E-state index contributed by atoms with van der Waals surface area (Å²) in [6.07, 6.45) is 7.08. The highest BCUT2D eigenvalue weighted by molar-refractivity contribution is 7.90. The minimum atomic E-state index is -2.78. The predicted octanol–water partition coefficient (Wildman–Crippen LogP) is 1.34. The van der Waals surface area contributed by atoms with E-state index < -0.39 is 9.84 Å². The van der Waals surface area contributed by atoms with Crippen LogP contribution in [-0.2, 0) is 9.84 Å². The first-order valence-electron chi connectivity index (χ1n) is 5.34. The van der Waals surface area contributed by atoms with Gasteiger partial charge in [-0.2, -0.15) is 0 Å². The predicted molar refractivity (Wildman–Crippen MR) is 59.2 cm³/mol. The van der Waals surface area contributed by atoms with Crippen LogP contribution < -0.4 is 5.32 Å². The lowest BCUT2D eigenvalue weighted by Crippen LogP contribution is -2.40. The molecule has 1 rings (SSSR count). The Kier molecular flexibility index (Phi) is 3.95. The van der Waals surface area contributed by atoms with E-state index in [4.69, 9.17) is 0 Å². The van der Waals surface area contributed by atoms with Crippen LogP contribution in [0.15, 0.2) is 0 Å². The van der Waals surface area contributed by atoms with Crippen LogP contribution in [0.2, 0.25) is 0 Å². The van der Waals surface area contributed by atoms with Crippen LogP contribution >= 0.6 is 0 Å². The summed E-state index contributed by atoms with van der Waals surface area (Å²) in [7, 11) is -2.78. The Bertz CT molecular complexity index is 266. The first-order valence-corrected chi connectivity index (χ1v) is 7.40. The topological polar surface area (TPSA) is 46.2 Å². The summed E-state index contributed by atoms with van der Waals surface area (Å²) in [4.78, 5) is 0. The van der Waals surface area contributed by atoms with Crippen LogP contribution in [-0.4, -0.2) is 32.5 Å². The van der Waals surface area contributed by atoms with E-state index in [1.54, 1.807) is 0 Å². The molecule has 4 heteroatoms. The Morgan fingerprint density at radius 2 is 1.86 bits per heavy atom. The van der Waals surface area contributed by atoms with Crippen molar-refractivity contribution in [1.82, 2.24) is 5.32 Å². The van der Waals surface area contributed by atoms with Crippen molar-refractivity contribution >= 4 is 9.84 Å². The van der Waals surface area contributed by atoms with Crippen molar-refractivity contribution in [2.24, 2.45) is 0 Å². The molecule has 1 aliphatic rings. The van der Waals surface area contributed by atoms with Gasteiger partial charge in [-0.3, -0.25) is 0 Å². The standard InChI is InChI=1S/C10H21NO2S/c1-10(6-3-4-7-10)11-8-5-9-14(2,12)13/h11H,3-9H2,1-2H3. The van der Waals surface area contributed by atoms with Gasteiger partial charge >= 0.3 is 0 Å². The number of hydrogen-bond acceptors (Lipinski definition) is 3. The molecule has 0 radical (unpaired) electrons. The smallest absolute Gasteiger partial charge is 0.147 e. The van der Waals surface area contributed by atoms with E-state index in [0.717, 1.165) is 13.0 Å². The van der Waals surface area contributed by atoms with Crippen molar-refractivity contribution in [3.8, 4) is 0 Å². The van der Waals surface area contributed by atoms with Gasteiger partial charge in [0.15, 0.2) is 0 Å². The maximum Gasteiger partial charge on any atom is 0.147 e. The fraction of sp³-hybridized carbons (Fsp3) is 1.00. The molecule has 1 N–H and O–H groups in total. The molecule has 0 bridgehead atoms. The zero-order valence-corrected chi connectivity index (χ0v) is 9.99. The summed E-state index contributed by atoms with van der Waals surface area (Å²) in [5, 5.41) is 3.47. The molecule has 0 atom stereocenters. The van der Waals surface area contributed by atoms with Crippen molar-refractivity contribution in [3.05, 3.63) is 0 Å². The molecule has 0 saturated heterocycles. The first-order chi connectivity index (χ1) is 6.41. The van der Waals surface area contributed by atoms with Crippen LogP contribution in [0, 0.1) is 0 Å². The summed E-state index contributed by atoms with van der Waals surface area (Å²) in [6.45, 7) is 3.06. The van der Waals surface area contributed by atoms with Gasteiger partial charge in [-0.05, 0) is 32.7 Å². The molecule has 0 aliphatic heterocycles. The summed E-state index contributed by atoms with van der Waals surface area (Å²) in [5.41, 5.74) is 0.275. The van der Waals surface area contributed by atoms with Gasteiger partial charge in [0, 0.05) is 11.8 Å². The summed E-state index contributed by atoms with van der Waals surface area (Å²) < 4.78 is 21.8. The van der Waals surface area contributed by atoms with Crippen molar-refractivity contribution in [2.45, 2.75) is 44.6 Å². The van der Waals surface area contributed by atoms with Crippen LogP contribution in [0.5, 0.6) is 0 Å². The Labute approximate surface area is 87.2 Å². The normalized spacial score (nSPS) is 21.3. The van der Waals surface area contributed by atoms with Gasteiger partial charge in [0.05, 0.1) is 5.75 Å². The second-order valence-corrected chi connectivity index (χ2v) is 6.94. The molecule has 0 spiro atoms. The second-order valence-electron chi connectivity index (χ2n) is 4.68. The molecule has 84 valence electrons. The molecular formula is C10H21NO2S. The van der Waals surface area contributed by atoms with Crippen molar-refractivity contribution in [2.75, 3.05) is 18.6 Å². The van der Waals surface area contributed by atoms with E-state index in [0.29, 0.717) is 5.75 Å². The Balaban J connectivity index is 2.15. The van der Waals surface area contributed by atoms with Crippen LogP contribution in [0.3, 0.4) is 0 Å². The zero-order valence-electron chi connectivity index (χ0n) is 9.17. The molecule has 0 aromatic carbocycles. The molecule has 1 fully saturated rings. The fourth-order valence-electron chi connectivity index (χ4n) is 2.06. The lowest BCUT2D eigenvalue weighted by molar-refractivity contribution is 0.366. The fourth-order valence-corrected chi connectivity index (χ4v) is 2.73. The van der Waals surface area contributed by atoms with Crippen molar-refractivity contribution in [1.29, 1.82) is 0 Å². The van der Waals surface area contributed by atoms with Crippen molar-refractivity contribution < 1.29 is 8.42 Å². The summed E-state index contributed by atoms with van der Waals surface area (Å²) >= 11 is 0. The molecule has 0 heterocycles. The third kappa shape index (κ3) is 4.42. The SMILES string of the molecule is CC1(NCCCS(C)(=O)=O)CCCC1. The van der Waals surface area contributed by atoms with Gasteiger partial charge in [0.1, 0.15) is 9.84 Å². The average molecular weight is 219 g/mol. The van der Waals surface area contributed by atoms with Gasteiger partial charge in [-0.25, -0.2) is 8.42 Å².